The summed E-state index contributed by atoms with van der Waals surface area (Å²) in [6, 6.07) is 11.4. The Hall–Kier alpha value is -3.32. The maximum atomic E-state index is 13.2. The van der Waals surface area contributed by atoms with Crippen molar-refractivity contribution in [3.63, 3.8) is 0 Å². The highest BCUT2D eigenvalue weighted by Gasteiger charge is 2.27. The molecule has 0 aliphatic heterocycles. The lowest BCUT2D eigenvalue weighted by Gasteiger charge is -2.18. The van der Waals surface area contributed by atoms with E-state index in [-0.39, 0.29) is 5.91 Å². The first-order valence-corrected chi connectivity index (χ1v) is 12.7. The summed E-state index contributed by atoms with van der Waals surface area (Å²) in [5.41, 5.74) is 11.0. The van der Waals surface area contributed by atoms with E-state index in [2.05, 4.69) is 12.2 Å². The van der Waals surface area contributed by atoms with Crippen LogP contribution in [-0.2, 0) is 12.8 Å². The highest BCUT2D eigenvalue weighted by Crippen LogP contribution is 2.44. The van der Waals surface area contributed by atoms with Crippen LogP contribution in [0.4, 0.5) is 11.4 Å². The standard InChI is InChI=1S/C27H29N3O3S/c1-3-4-15-32-18-12-10-17(11-13-18)29-26(31)25-24(28)23-22(21-14-9-16(2)33-21)19-7-5-6-8-20(19)30-27(23)34-25/h9-14H,3-8,15,28H2,1-2H3,(H,29,31). The Kier molecular flexibility index (Phi) is 6.28. The Morgan fingerprint density at radius 2 is 1.97 bits per heavy atom. The topological polar surface area (TPSA) is 90.4 Å². The molecule has 0 saturated carbocycles. The zero-order valence-corrected chi connectivity index (χ0v) is 20.4. The molecule has 6 nitrogen and oxygen atoms in total. The zero-order valence-electron chi connectivity index (χ0n) is 19.6. The normalized spacial score (nSPS) is 13.1. The van der Waals surface area contributed by atoms with Gasteiger partial charge in [0.25, 0.3) is 5.91 Å². The van der Waals surface area contributed by atoms with Gasteiger partial charge < -0.3 is 20.2 Å². The number of anilines is 2. The number of thiophene rings is 1. The lowest BCUT2D eigenvalue weighted by Crippen LogP contribution is -2.12. The molecular weight excluding hydrogens is 446 g/mol. The Labute approximate surface area is 203 Å². The van der Waals surface area contributed by atoms with Crippen LogP contribution in [0.5, 0.6) is 5.75 Å². The van der Waals surface area contributed by atoms with E-state index in [9.17, 15) is 4.79 Å². The van der Waals surface area contributed by atoms with Crippen molar-refractivity contribution in [2.75, 3.05) is 17.7 Å². The number of carbonyl (C=O) groups is 1. The molecule has 4 aromatic rings. The van der Waals surface area contributed by atoms with E-state index in [1.807, 2.05) is 43.3 Å². The van der Waals surface area contributed by atoms with Crippen LogP contribution in [-0.4, -0.2) is 17.5 Å². The van der Waals surface area contributed by atoms with Gasteiger partial charge in [-0.2, -0.15) is 0 Å². The molecule has 176 valence electrons. The third-order valence-electron chi connectivity index (χ3n) is 6.23. The number of rotatable bonds is 7. The lowest BCUT2D eigenvalue weighted by molar-refractivity contribution is 0.103. The number of aromatic nitrogens is 1. The van der Waals surface area contributed by atoms with Crippen molar-refractivity contribution in [1.29, 1.82) is 0 Å². The quantitative estimate of drug-likeness (QED) is 0.288. The van der Waals surface area contributed by atoms with E-state index in [1.165, 1.54) is 16.9 Å². The molecule has 3 aromatic heterocycles. The smallest absolute Gasteiger partial charge is 0.267 e. The number of nitrogens with two attached hydrogens (primary N) is 1. The average molecular weight is 476 g/mol. The molecule has 0 unspecified atom stereocenters. The molecule has 7 heteroatoms. The number of ether oxygens (including phenoxy) is 1. The molecule has 1 aromatic carbocycles. The molecule has 0 radical (unpaired) electrons. The molecule has 0 atom stereocenters. The summed E-state index contributed by atoms with van der Waals surface area (Å²) in [6.07, 6.45) is 6.21. The fraction of sp³-hybridized carbons (Fsp3) is 0.333. The highest BCUT2D eigenvalue weighted by atomic mass is 32.1. The van der Waals surface area contributed by atoms with Crippen LogP contribution in [0.3, 0.4) is 0 Å². The maximum absolute atomic E-state index is 13.2. The first-order valence-electron chi connectivity index (χ1n) is 11.9. The molecule has 3 heterocycles. The Bertz CT molecular complexity index is 1340. The molecule has 34 heavy (non-hydrogen) atoms. The van der Waals surface area contributed by atoms with Gasteiger partial charge in [0, 0.05) is 22.3 Å². The Morgan fingerprint density at radius 1 is 1.18 bits per heavy atom. The molecule has 0 bridgehead atoms. The van der Waals surface area contributed by atoms with E-state index in [0.717, 1.165) is 77.3 Å². The van der Waals surface area contributed by atoms with Gasteiger partial charge in [0.05, 0.1) is 12.3 Å². The second kappa shape index (κ2) is 9.50. The molecular formula is C27H29N3O3S. The zero-order chi connectivity index (χ0) is 23.7. The van der Waals surface area contributed by atoms with Gasteiger partial charge in [-0.25, -0.2) is 4.98 Å². The number of aryl methyl sites for hydroxylation is 2. The second-order valence-corrected chi connectivity index (χ2v) is 9.73. The first-order chi connectivity index (χ1) is 16.5. The minimum absolute atomic E-state index is 0.236. The fourth-order valence-corrected chi connectivity index (χ4v) is 5.49. The van der Waals surface area contributed by atoms with Crippen LogP contribution >= 0.6 is 11.3 Å². The summed E-state index contributed by atoms with van der Waals surface area (Å²) in [4.78, 5) is 19.4. The number of nitrogens with zero attached hydrogens (tertiary/aromatic N) is 1. The molecule has 0 spiro atoms. The number of nitrogens with one attached hydrogen (secondary N) is 1. The van der Waals surface area contributed by atoms with Gasteiger partial charge in [0.15, 0.2) is 0 Å². The number of carbonyl (C=O) groups excluding carboxylic acids is 1. The van der Waals surface area contributed by atoms with E-state index in [4.69, 9.17) is 19.9 Å². The average Bonchev–Trinajstić information content (AvgIpc) is 3.42. The van der Waals surface area contributed by atoms with Gasteiger partial charge in [-0.15, -0.1) is 11.3 Å². The summed E-state index contributed by atoms with van der Waals surface area (Å²) in [7, 11) is 0. The third kappa shape index (κ3) is 4.28. The number of benzene rings is 1. The van der Waals surface area contributed by atoms with Crippen LogP contribution in [0, 0.1) is 6.92 Å². The molecule has 3 N–H and O–H groups in total. The van der Waals surface area contributed by atoms with E-state index in [0.29, 0.717) is 22.9 Å². The van der Waals surface area contributed by atoms with Crippen molar-refractivity contribution in [2.24, 2.45) is 0 Å². The predicted molar refractivity (Wildman–Crippen MR) is 138 cm³/mol. The third-order valence-corrected chi connectivity index (χ3v) is 7.32. The van der Waals surface area contributed by atoms with Gasteiger partial charge in [0.1, 0.15) is 27.0 Å². The summed E-state index contributed by atoms with van der Waals surface area (Å²) in [6.45, 7) is 4.75. The first kappa shape index (κ1) is 22.5. The largest absolute Gasteiger partial charge is 0.494 e. The van der Waals surface area contributed by atoms with Gasteiger partial charge in [-0.1, -0.05) is 13.3 Å². The van der Waals surface area contributed by atoms with Gasteiger partial charge in [0.2, 0.25) is 0 Å². The van der Waals surface area contributed by atoms with Crippen LogP contribution in [0.25, 0.3) is 21.5 Å². The SMILES string of the molecule is CCCCOc1ccc(NC(=O)c2sc3nc4c(c(-c5ccc(C)o5)c3c2N)CCCC4)cc1. The molecule has 1 aliphatic carbocycles. The van der Waals surface area contributed by atoms with Crippen LogP contribution in [0.1, 0.15) is 59.3 Å². The maximum Gasteiger partial charge on any atom is 0.267 e. The van der Waals surface area contributed by atoms with Crippen molar-refractivity contribution in [1.82, 2.24) is 4.98 Å². The van der Waals surface area contributed by atoms with Crippen LogP contribution in [0.2, 0.25) is 0 Å². The van der Waals surface area contributed by atoms with E-state index >= 15 is 0 Å². The number of fused-ring (bicyclic) bond motifs is 2. The predicted octanol–water partition coefficient (Wildman–Crippen LogP) is 6.76. The Balaban J connectivity index is 1.49. The fourth-order valence-electron chi connectivity index (χ4n) is 4.47. The van der Waals surface area contributed by atoms with Crippen molar-refractivity contribution >= 4 is 38.8 Å². The Morgan fingerprint density at radius 3 is 2.71 bits per heavy atom. The number of hydrogen-bond donors (Lipinski definition) is 2. The van der Waals surface area contributed by atoms with E-state index in [1.54, 1.807) is 0 Å². The van der Waals surface area contributed by atoms with Gasteiger partial charge in [-0.3, -0.25) is 4.79 Å². The van der Waals surface area contributed by atoms with Crippen molar-refractivity contribution in [2.45, 2.75) is 52.4 Å². The molecule has 1 amide bonds. The van der Waals surface area contributed by atoms with Crippen molar-refractivity contribution < 1.29 is 13.9 Å². The summed E-state index contributed by atoms with van der Waals surface area (Å²) in [5, 5.41) is 3.80. The monoisotopic (exact) mass is 475 g/mol. The highest BCUT2D eigenvalue weighted by molar-refractivity contribution is 7.21. The minimum Gasteiger partial charge on any atom is -0.494 e. The number of pyridine rings is 1. The minimum atomic E-state index is -0.236. The number of hydrogen-bond acceptors (Lipinski definition) is 6. The number of nitrogen functional groups attached to an aromatic ring is 1. The molecule has 0 saturated heterocycles. The molecule has 0 fully saturated rings. The molecule has 5 rings (SSSR count). The number of amides is 1. The summed E-state index contributed by atoms with van der Waals surface area (Å²) < 4.78 is 11.7. The lowest BCUT2D eigenvalue weighted by atomic mass is 9.89. The van der Waals surface area contributed by atoms with Gasteiger partial charge in [-0.05, 0) is 81.0 Å². The number of unbranched alkanes of at least 4 members (excludes halogenated alkanes) is 1. The van der Waals surface area contributed by atoms with Crippen LogP contribution in [0.15, 0.2) is 40.8 Å². The van der Waals surface area contributed by atoms with E-state index < -0.39 is 0 Å². The molecule has 1 aliphatic rings. The van der Waals surface area contributed by atoms with Crippen molar-refractivity contribution in [3.8, 4) is 17.1 Å². The number of furan rings is 1. The second-order valence-electron chi connectivity index (χ2n) is 8.73. The van der Waals surface area contributed by atoms with Crippen LogP contribution < -0.4 is 15.8 Å². The summed E-state index contributed by atoms with van der Waals surface area (Å²) >= 11 is 1.34. The van der Waals surface area contributed by atoms with Crippen molar-refractivity contribution in [3.05, 3.63) is 58.3 Å². The van der Waals surface area contributed by atoms with Gasteiger partial charge >= 0.3 is 0 Å². The summed E-state index contributed by atoms with van der Waals surface area (Å²) in [5.74, 6) is 2.19.